The predicted molar refractivity (Wildman–Crippen MR) is 151 cm³/mol. The Hall–Kier alpha value is -3.23. The van der Waals surface area contributed by atoms with Gasteiger partial charge in [0.25, 0.3) is 0 Å². The Morgan fingerprint density at radius 2 is 1.68 bits per heavy atom. The van der Waals surface area contributed by atoms with E-state index in [4.69, 9.17) is 4.74 Å². The van der Waals surface area contributed by atoms with Crippen molar-refractivity contribution in [3.05, 3.63) is 89.2 Å². The number of esters is 1. The van der Waals surface area contributed by atoms with E-state index in [2.05, 4.69) is 26.9 Å². The molecule has 2 heterocycles. The molecule has 1 aromatic heterocycles. The lowest BCUT2D eigenvalue weighted by Crippen LogP contribution is -2.53. The molecule has 1 fully saturated rings. The number of aryl methyl sites for hydroxylation is 1. The van der Waals surface area contributed by atoms with Gasteiger partial charge in [0.1, 0.15) is 0 Å². The van der Waals surface area contributed by atoms with E-state index in [0.717, 1.165) is 55.0 Å². The summed E-state index contributed by atoms with van der Waals surface area (Å²) in [6.07, 6.45) is -0.397. The summed E-state index contributed by atoms with van der Waals surface area (Å²) >= 11 is 0. The fourth-order valence-electron chi connectivity index (χ4n) is 5.27. The van der Waals surface area contributed by atoms with Gasteiger partial charge in [-0.15, -0.1) is 0 Å². The third kappa shape index (κ3) is 7.09. The third-order valence-electron chi connectivity index (χ3n) is 7.85. The van der Waals surface area contributed by atoms with Crippen molar-refractivity contribution in [1.82, 2.24) is 14.8 Å². The Morgan fingerprint density at radius 3 is 2.30 bits per heavy atom. The highest BCUT2D eigenvalue weighted by atomic mass is 19.4. The summed E-state index contributed by atoms with van der Waals surface area (Å²) in [6.45, 7) is 10.6. The van der Waals surface area contributed by atoms with Gasteiger partial charge >= 0.3 is 12.1 Å². The monoisotopic (exact) mass is 553 g/mol. The molecular weight excluding hydrogens is 515 g/mol. The first-order valence-corrected chi connectivity index (χ1v) is 13.8. The van der Waals surface area contributed by atoms with Crippen LogP contribution >= 0.6 is 0 Å². The van der Waals surface area contributed by atoms with Crippen molar-refractivity contribution in [1.29, 1.82) is 0 Å². The minimum Gasteiger partial charge on any atom is -0.466 e. The second-order valence-corrected chi connectivity index (χ2v) is 11.1. The van der Waals surface area contributed by atoms with E-state index >= 15 is 0 Å². The summed E-state index contributed by atoms with van der Waals surface area (Å²) in [6, 6.07) is 17.0. The molecule has 8 heteroatoms. The number of hydrogen-bond acceptors (Lipinski definition) is 5. The number of nitrogens with zero attached hydrogens (tertiary/aromatic N) is 3. The van der Waals surface area contributed by atoms with Gasteiger partial charge in [-0.2, -0.15) is 13.2 Å². The van der Waals surface area contributed by atoms with Gasteiger partial charge in [-0.1, -0.05) is 42.5 Å². The molecule has 0 radical (unpaired) electrons. The molecule has 214 valence electrons. The van der Waals surface area contributed by atoms with E-state index in [1.54, 1.807) is 36.7 Å². The molecule has 0 N–H and O–H groups in total. The maximum absolute atomic E-state index is 13.5. The summed E-state index contributed by atoms with van der Waals surface area (Å²) in [4.78, 5) is 21.2. The smallest absolute Gasteiger partial charge is 0.397 e. The number of alkyl halides is 3. The number of carbonyl (C=O) groups excluding carboxylic acids is 1. The van der Waals surface area contributed by atoms with E-state index in [0.29, 0.717) is 13.0 Å². The van der Waals surface area contributed by atoms with Crippen LogP contribution in [-0.4, -0.2) is 59.2 Å². The summed E-state index contributed by atoms with van der Waals surface area (Å²) < 4.78 is 45.6. The molecule has 4 rings (SSSR count). The molecule has 0 saturated carbocycles. The van der Waals surface area contributed by atoms with E-state index in [-0.39, 0.29) is 17.6 Å². The van der Waals surface area contributed by atoms with Gasteiger partial charge in [0.15, 0.2) is 0 Å². The highest BCUT2D eigenvalue weighted by Crippen LogP contribution is 2.41. The molecule has 40 heavy (non-hydrogen) atoms. The van der Waals surface area contributed by atoms with E-state index < -0.39 is 11.6 Å². The van der Waals surface area contributed by atoms with Crippen molar-refractivity contribution >= 4 is 5.97 Å². The average molecular weight is 554 g/mol. The first kappa shape index (κ1) is 29.7. The van der Waals surface area contributed by atoms with E-state index in [1.807, 2.05) is 32.0 Å². The van der Waals surface area contributed by atoms with Crippen LogP contribution in [0.3, 0.4) is 0 Å². The standard InChI is InChI=1S/C32H38F3N3O2/c1-5-40-30(39)19-28-22-37(16-17-38(28)21-24-12-14-36-15-13-24)20-25-6-11-29(23(2)18-25)26-7-9-27(10-8-26)31(3,4)32(33,34)35/h6-15,18,28H,5,16-17,19-22H2,1-4H3/t28-/m0/s1. The molecule has 2 aromatic carbocycles. The Morgan fingerprint density at radius 1 is 0.975 bits per heavy atom. The zero-order chi connectivity index (χ0) is 28.9. The van der Waals surface area contributed by atoms with Crippen LogP contribution in [0, 0.1) is 6.92 Å². The predicted octanol–water partition coefficient (Wildman–Crippen LogP) is 6.54. The molecule has 3 aromatic rings. The van der Waals surface area contributed by atoms with Crippen molar-refractivity contribution < 1.29 is 22.7 Å². The van der Waals surface area contributed by atoms with Crippen LogP contribution in [0.15, 0.2) is 67.0 Å². The summed E-state index contributed by atoms with van der Waals surface area (Å²) in [5, 5.41) is 0. The molecule has 0 spiro atoms. The highest BCUT2D eigenvalue weighted by molar-refractivity contribution is 5.70. The second kappa shape index (κ2) is 12.5. The minimum atomic E-state index is -4.31. The van der Waals surface area contributed by atoms with Crippen molar-refractivity contribution in [2.45, 2.75) is 64.8 Å². The fraction of sp³-hybridized carbons (Fsp3) is 0.438. The lowest BCUT2D eigenvalue weighted by Gasteiger charge is -2.41. The van der Waals surface area contributed by atoms with Gasteiger partial charge < -0.3 is 4.74 Å². The molecule has 1 atom stereocenters. The zero-order valence-electron chi connectivity index (χ0n) is 23.7. The van der Waals surface area contributed by atoms with Crippen LogP contribution in [-0.2, 0) is 28.0 Å². The lowest BCUT2D eigenvalue weighted by atomic mass is 9.83. The number of benzene rings is 2. The number of pyridine rings is 1. The van der Waals surface area contributed by atoms with Crippen molar-refractivity contribution in [3.8, 4) is 11.1 Å². The molecule has 0 unspecified atom stereocenters. The fourth-order valence-corrected chi connectivity index (χ4v) is 5.27. The number of carbonyl (C=O) groups is 1. The zero-order valence-corrected chi connectivity index (χ0v) is 23.7. The number of rotatable bonds is 9. The summed E-state index contributed by atoms with van der Waals surface area (Å²) in [7, 11) is 0. The van der Waals surface area contributed by atoms with Crippen LogP contribution in [0.1, 0.15) is 49.4 Å². The molecule has 5 nitrogen and oxygen atoms in total. The topological polar surface area (TPSA) is 45.7 Å². The van der Waals surface area contributed by atoms with Crippen LogP contribution in [0.5, 0.6) is 0 Å². The Balaban J connectivity index is 1.44. The average Bonchev–Trinajstić information content (AvgIpc) is 2.90. The highest BCUT2D eigenvalue weighted by Gasteiger charge is 2.48. The van der Waals surface area contributed by atoms with Crippen molar-refractivity contribution in [3.63, 3.8) is 0 Å². The molecule has 1 saturated heterocycles. The number of piperazine rings is 1. The quantitative estimate of drug-likeness (QED) is 0.282. The second-order valence-electron chi connectivity index (χ2n) is 11.1. The SMILES string of the molecule is CCOC(=O)C[C@H]1CN(Cc2ccc(-c3ccc(C(C)(C)C(F)(F)F)cc3)c(C)c2)CCN1Cc1ccncc1. The van der Waals surface area contributed by atoms with Crippen LogP contribution < -0.4 is 0 Å². The number of aromatic nitrogens is 1. The normalized spacial score (nSPS) is 17.1. The largest absolute Gasteiger partial charge is 0.466 e. The van der Waals surface area contributed by atoms with E-state index in [9.17, 15) is 18.0 Å². The van der Waals surface area contributed by atoms with Crippen LogP contribution in [0.25, 0.3) is 11.1 Å². The Labute approximate surface area is 235 Å². The lowest BCUT2D eigenvalue weighted by molar-refractivity contribution is -0.180. The number of halogens is 3. The van der Waals surface area contributed by atoms with Crippen molar-refractivity contribution in [2.24, 2.45) is 0 Å². The minimum absolute atomic E-state index is 0.0424. The van der Waals surface area contributed by atoms with Crippen LogP contribution in [0.2, 0.25) is 0 Å². The molecule has 1 aliphatic rings. The van der Waals surface area contributed by atoms with Gasteiger partial charge in [0.2, 0.25) is 0 Å². The van der Waals surface area contributed by atoms with Crippen molar-refractivity contribution in [2.75, 3.05) is 26.2 Å². The maximum atomic E-state index is 13.5. The third-order valence-corrected chi connectivity index (χ3v) is 7.85. The first-order valence-electron chi connectivity index (χ1n) is 13.8. The molecule has 0 bridgehead atoms. The Bertz CT molecular complexity index is 1280. The summed E-state index contributed by atoms with van der Waals surface area (Å²) in [5.41, 5.74) is 3.63. The molecule has 0 amide bonds. The first-order chi connectivity index (χ1) is 19.0. The molecule has 1 aliphatic heterocycles. The number of ether oxygens (including phenoxy) is 1. The van der Waals surface area contributed by atoms with E-state index in [1.165, 1.54) is 19.4 Å². The van der Waals surface area contributed by atoms with Gasteiger partial charge in [0, 0.05) is 51.2 Å². The molecular formula is C32H38F3N3O2. The number of hydrogen-bond donors (Lipinski definition) is 0. The maximum Gasteiger partial charge on any atom is 0.397 e. The Kier molecular flexibility index (Phi) is 9.31. The van der Waals surface area contributed by atoms with Gasteiger partial charge in [-0.05, 0) is 73.2 Å². The van der Waals surface area contributed by atoms with Gasteiger partial charge in [-0.3, -0.25) is 19.6 Å². The van der Waals surface area contributed by atoms with Gasteiger partial charge in [-0.25, -0.2) is 0 Å². The van der Waals surface area contributed by atoms with Gasteiger partial charge in [0.05, 0.1) is 18.4 Å². The van der Waals surface area contributed by atoms with Crippen LogP contribution in [0.4, 0.5) is 13.2 Å². The molecule has 0 aliphatic carbocycles. The summed E-state index contributed by atoms with van der Waals surface area (Å²) in [5.74, 6) is -0.182.